The molecule has 1 aliphatic carbocycles. The molecule has 0 saturated carbocycles. The summed E-state index contributed by atoms with van der Waals surface area (Å²) in [6.45, 7) is 10.1. The van der Waals surface area contributed by atoms with E-state index in [0.29, 0.717) is 0 Å². The van der Waals surface area contributed by atoms with Gasteiger partial charge in [-0.1, -0.05) is 70.0 Å². The van der Waals surface area contributed by atoms with Crippen LogP contribution in [0.2, 0.25) is 10.0 Å². The van der Waals surface area contributed by atoms with E-state index < -0.39 is 64.4 Å². The quantitative estimate of drug-likeness (QED) is 0.186. The van der Waals surface area contributed by atoms with Crippen molar-refractivity contribution >= 4 is 40.9 Å². The number of hydrogen-bond donors (Lipinski definition) is 0. The predicted molar refractivity (Wildman–Crippen MR) is 148 cm³/mol. The van der Waals surface area contributed by atoms with E-state index in [1.165, 1.54) is 24.5 Å². The zero-order chi connectivity index (χ0) is 30.9. The number of halogens is 5. The largest absolute Gasteiger partial charge is 0.466 e. The molecule has 1 amide bonds. The number of ketones is 1. The highest BCUT2D eigenvalue weighted by Gasteiger charge is 2.45. The van der Waals surface area contributed by atoms with Crippen LogP contribution in [0.25, 0.3) is 0 Å². The minimum Gasteiger partial charge on any atom is -0.466 e. The third kappa shape index (κ3) is 7.48. The van der Waals surface area contributed by atoms with Crippen molar-refractivity contribution in [3.8, 4) is 0 Å². The van der Waals surface area contributed by atoms with Gasteiger partial charge >= 0.3 is 12.1 Å². The first kappa shape index (κ1) is 32.6. The van der Waals surface area contributed by atoms with Crippen LogP contribution < -0.4 is 0 Å². The van der Waals surface area contributed by atoms with Crippen LogP contribution in [0.3, 0.4) is 0 Å². The van der Waals surface area contributed by atoms with Crippen molar-refractivity contribution in [3.63, 3.8) is 0 Å². The van der Waals surface area contributed by atoms with Gasteiger partial charge in [0.1, 0.15) is 0 Å². The first-order valence-electron chi connectivity index (χ1n) is 13.0. The molecule has 224 valence electrons. The summed E-state index contributed by atoms with van der Waals surface area (Å²) in [5, 5.41) is 3.91. The van der Waals surface area contributed by atoms with Crippen molar-refractivity contribution in [2.24, 2.45) is 16.7 Å². The van der Waals surface area contributed by atoms with Crippen LogP contribution in [-0.2, 0) is 15.7 Å². The molecule has 41 heavy (non-hydrogen) atoms. The molecule has 0 aromatic carbocycles. The Morgan fingerprint density at radius 1 is 1.10 bits per heavy atom. The molecule has 2 aromatic heterocycles. The van der Waals surface area contributed by atoms with E-state index in [0.717, 1.165) is 15.8 Å². The topological polar surface area (TPSA) is 94.4 Å². The van der Waals surface area contributed by atoms with Crippen molar-refractivity contribution in [1.82, 2.24) is 19.7 Å². The molecule has 0 aliphatic heterocycles. The van der Waals surface area contributed by atoms with Gasteiger partial charge in [0, 0.05) is 18.9 Å². The number of carbonyl (C=O) groups excluding carboxylic acids is 3. The molecule has 1 aliphatic rings. The van der Waals surface area contributed by atoms with Crippen molar-refractivity contribution in [1.29, 1.82) is 0 Å². The highest BCUT2D eigenvalue weighted by molar-refractivity contribution is 6.39. The molecule has 0 saturated heterocycles. The van der Waals surface area contributed by atoms with Gasteiger partial charge in [-0.25, -0.2) is 0 Å². The minimum absolute atomic E-state index is 0.0396. The van der Waals surface area contributed by atoms with Crippen LogP contribution in [0.5, 0.6) is 0 Å². The minimum atomic E-state index is -4.95. The maximum Gasteiger partial charge on any atom is 0.433 e. The molecule has 8 nitrogen and oxygen atoms in total. The fraction of sp³-hybridized carbons (Fsp3) is 0.536. The van der Waals surface area contributed by atoms with E-state index >= 15 is 0 Å². The zero-order valence-corrected chi connectivity index (χ0v) is 25.2. The van der Waals surface area contributed by atoms with Crippen LogP contribution in [0.15, 0.2) is 30.7 Å². The van der Waals surface area contributed by atoms with E-state index in [1.54, 1.807) is 41.5 Å². The second-order valence-electron chi connectivity index (χ2n) is 11.8. The number of carbonyl (C=O) groups is 3. The van der Waals surface area contributed by atoms with Crippen LogP contribution >= 0.6 is 23.2 Å². The number of ether oxygens (including phenoxy) is 1. The number of aromatic nitrogens is 3. The second-order valence-corrected chi connectivity index (χ2v) is 12.7. The Labute approximate surface area is 246 Å². The molecular weight excluding hydrogens is 584 g/mol. The zero-order valence-electron chi connectivity index (χ0n) is 23.7. The lowest BCUT2D eigenvalue weighted by atomic mass is 9.70. The third-order valence-corrected chi connectivity index (χ3v) is 7.24. The van der Waals surface area contributed by atoms with Gasteiger partial charge in [0.25, 0.3) is 5.91 Å². The van der Waals surface area contributed by atoms with Gasteiger partial charge in [0.2, 0.25) is 0 Å². The normalized spacial score (nSPS) is 18.7. The molecule has 0 unspecified atom stereocenters. The van der Waals surface area contributed by atoms with Gasteiger partial charge in [-0.15, -0.1) is 0 Å². The van der Waals surface area contributed by atoms with Crippen LogP contribution in [-0.4, -0.2) is 57.0 Å². The summed E-state index contributed by atoms with van der Waals surface area (Å²) in [6.07, 6.45) is 1.49. The lowest BCUT2D eigenvalue weighted by Crippen LogP contribution is -2.42. The van der Waals surface area contributed by atoms with E-state index in [1.807, 2.05) is 0 Å². The number of alkyl halides is 3. The summed E-state index contributed by atoms with van der Waals surface area (Å²) in [5.74, 6) is -2.78. The molecule has 0 N–H and O–H groups in total. The number of Topliss-reactive ketones (excluding diaryl/α,β-unsaturated/α-hetero) is 1. The molecular formula is C28H33Cl2F3N4O4. The van der Waals surface area contributed by atoms with Crippen molar-refractivity contribution in [2.75, 3.05) is 19.7 Å². The number of esters is 1. The lowest BCUT2D eigenvalue weighted by molar-refractivity contribution is -0.151. The SMILES string of the molecule is CCOC(=O)[C@H]1C=C[C@H](n2ncc(C(=O)N(CC(=O)c3c(Cl)cncc3Cl)CC(C)(C)C)c2C(F)(F)F)CC1(C)C. The van der Waals surface area contributed by atoms with Crippen LogP contribution in [0, 0.1) is 16.7 Å². The second kappa shape index (κ2) is 12.1. The number of rotatable bonds is 8. The van der Waals surface area contributed by atoms with Gasteiger partial charge in [-0.2, -0.15) is 18.3 Å². The summed E-state index contributed by atoms with van der Waals surface area (Å²) in [6, 6.07) is -0.888. The average molecular weight is 617 g/mol. The highest BCUT2D eigenvalue weighted by atomic mass is 35.5. The smallest absolute Gasteiger partial charge is 0.433 e. The summed E-state index contributed by atoms with van der Waals surface area (Å²) in [5.41, 5.74) is -3.34. The number of pyridine rings is 1. The molecule has 0 bridgehead atoms. The van der Waals surface area contributed by atoms with Crippen LogP contribution in [0.1, 0.15) is 80.4 Å². The fourth-order valence-corrected chi connectivity index (χ4v) is 5.53. The number of allylic oxidation sites excluding steroid dienone is 1. The molecule has 2 heterocycles. The average Bonchev–Trinajstić information content (AvgIpc) is 3.27. The molecule has 13 heteroatoms. The van der Waals surface area contributed by atoms with Gasteiger partial charge < -0.3 is 9.64 Å². The molecule has 2 aromatic rings. The highest BCUT2D eigenvalue weighted by Crippen LogP contribution is 2.44. The number of nitrogens with zero attached hydrogens (tertiary/aromatic N) is 4. The van der Waals surface area contributed by atoms with E-state index in [9.17, 15) is 27.6 Å². The molecule has 3 rings (SSSR count). The maximum atomic E-state index is 14.6. The van der Waals surface area contributed by atoms with Crippen molar-refractivity contribution < 1.29 is 32.3 Å². The lowest BCUT2D eigenvalue weighted by Gasteiger charge is -2.37. The Bertz CT molecular complexity index is 1330. The standard InChI is InChI=1S/C28H33Cl2F3N4O4/c1-7-41-25(40)18-9-8-16(10-27(18,5)6)37-23(28(31,32)33)17(11-35-37)24(39)36(15-26(2,3)4)14-21(38)22-19(29)12-34-13-20(22)30/h8-9,11-13,16,18H,7,10,14-15H2,1-6H3/t16-,18+/m0/s1. The maximum absolute atomic E-state index is 14.6. The first-order chi connectivity index (χ1) is 18.9. The van der Waals surface area contributed by atoms with E-state index in [-0.39, 0.29) is 35.2 Å². The molecule has 0 fully saturated rings. The monoisotopic (exact) mass is 616 g/mol. The van der Waals surface area contributed by atoms with E-state index in [2.05, 4.69) is 10.1 Å². The summed E-state index contributed by atoms with van der Waals surface area (Å²) in [4.78, 5) is 44.2. The van der Waals surface area contributed by atoms with Crippen LogP contribution in [0.4, 0.5) is 13.2 Å². The predicted octanol–water partition coefficient (Wildman–Crippen LogP) is 6.68. The van der Waals surface area contributed by atoms with Crippen molar-refractivity contribution in [3.05, 3.63) is 57.6 Å². The Hall–Kier alpha value is -2.92. The first-order valence-corrected chi connectivity index (χ1v) is 13.7. The van der Waals surface area contributed by atoms with Gasteiger partial charge in [0.15, 0.2) is 11.5 Å². The van der Waals surface area contributed by atoms with Gasteiger partial charge in [-0.05, 0) is 24.2 Å². The van der Waals surface area contributed by atoms with E-state index in [4.69, 9.17) is 27.9 Å². The molecule has 0 radical (unpaired) electrons. The van der Waals surface area contributed by atoms with Gasteiger partial charge in [-0.3, -0.25) is 24.0 Å². The Balaban J connectivity index is 2.03. The summed E-state index contributed by atoms with van der Waals surface area (Å²) < 4.78 is 49.5. The summed E-state index contributed by atoms with van der Waals surface area (Å²) >= 11 is 12.2. The number of amides is 1. The van der Waals surface area contributed by atoms with Gasteiger partial charge in [0.05, 0.1) is 52.5 Å². The Morgan fingerprint density at radius 2 is 1.71 bits per heavy atom. The Kier molecular flexibility index (Phi) is 9.64. The fourth-order valence-electron chi connectivity index (χ4n) is 4.96. The third-order valence-electron chi connectivity index (χ3n) is 6.67. The number of hydrogen-bond acceptors (Lipinski definition) is 6. The van der Waals surface area contributed by atoms with Crippen molar-refractivity contribution in [2.45, 2.75) is 60.2 Å². The molecule has 2 atom stereocenters. The Morgan fingerprint density at radius 3 is 2.22 bits per heavy atom. The summed E-state index contributed by atoms with van der Waals surface area (Å²) in [7, 11) is 0. The molecule has 0 spiro atoms.